The molecule has 1 heterocycles. The highest BCUT2D eigenvalue weighted by Crippen LogP contribution is 1.98. The van der Waals surface area contributed by atoms with Gasteiger partial charge >= 0.3 is 0 Å². The highest BCUT2D eigenvalue weighted by molar-refractivity contribution is 4.69. The van der Waals surface area contributed by atoms with Crippen molar-refractivity contribution in [2.24, 2.45) is 0 Å². The van der Waals surface area contributed by atoms with Crippen LogP contribution in [0.2, 0.25) is 0 Å². The summed E-state index contributed by atoms with van der Waals surface area (Å²) in [5.41, 5.74) is 0. The quantitative estimate of drug-likeness (QED) is 0.684. The van der Waals surface area contributed by atoms with Gasteiger partial charge in [0.15, 0.2) is 0 Å². The summed E-state index contributed by atoms with van der Waals surface area (Å²) >= 11 is 0. The first-order valence-electron chi connectivity index (χ1n) is 5.36. The molecular formula is C10H22N2O. The molecule has 0 radical (unpaired) electrons. The van der Waals surface area contributed by atoms with E-state index in [0.29, 0.717) is 6.04 Å². The molecule has 1 unspecified atom stereocenters. The molecule has 0 aromatic carbocycles. The first kappa shape index (κ1) is 11.0. The van der Waals surface area contributed by atoms with Gasteiger partial charge < -0.3 is 10.1 Å². The van der Waals surface area contributed by atoms with Crippen LogP contribution in [-0.4, -0.2) is 50.3 Å². The number of ether oxygens (including phenoxy) is 1. The van der Waals surface area contributed by atoms with E-state index in [1.807, 2.05) is 0 Å². The topological polar surface area (TPSA) is 24.5 Å². The molecule has 1 N–H and O–H groups in total. The molecule has 1 saturated heterocycles. The number of hydrogen-bond acceptors (Lipinski definition) is 3. The van der Waals surface area contributed by atoms with Crippen LogP contribution in [0, 0.1) is 0 Å². The number of rotatable bonds is 5. The molecule has 0 aromatic rings. The lowest BCUT2D eigenvalue weighted by atomic mass is 10.3. The van der Waals surface area contributed by atoms with Crippen molar-refractivity contribution in [1.82, 2.24) is 10.2 Å². The molecule has 78 valence electrons. The van der Waals surface area contributed by atoms with Crippen LogP contribution in [0.25, 0.3) is 0 Å². The Balaban J connectivity index is 2.07. The lowest BCUT2D eigenvalue weighted by Gasteiger charge is -2.29. The fraction of sp³-hybridized carbons (Fsp3) is 1.00. The van der Waals surface area contributed by atoms with Gasteiger partial charge in [0.1, 0.15) is 0 Å². The van der Waals surface area contributed by atoms with Crippen molar-refractivity contribution in [2.45, 2.75) is 26.3 Å². The van der Waals surface area contributed by atoms with Crippen LogP contribution in [-0.2, 0) is 4.74 Å². The Morgan fingerprint density at radius 1 is 1.38 bits per heavy atom. The summed E-state index contributed by atoms with van der Waals surface area (Å²) in [6.45, 7) is 10.7. The summed E-state index contributed by atoms with van der Waals surface area (Å²) in [6.07, 6.45) is 1.22. The molecule has 3 heteroatoms. The summed E-state index contributed by atoms with van der Waals surface area (Å²) in [4.78, 5) is 2.47. The minimum absolute atomic E-state index is 0.609. The molecule has 3 nitrogen and oxygen atoms in total. The van der Waals surface area contributed by atoms with Gasteiger partial charge in [-0.05, 0) is 19.9 Å². The zero-order chi connectivity index (χ0) is 9.52. The SMILES string of the molecule is CCCNC(C)CN1CCOCC1. The normalized spacial score (nSPS) is 21.7. The van der Waals surface area contributed by atoms with E-state index in [1.54, 1.807) is 0 Å². The first-order chi connectivity index (χ1) is 6.33. The molecule has 0 aromatic heterocycles. The molecule has 1 aliphatic heterocycles. The average molecular weight is 186 g/mol. The third-order valence-corrected chi connectivity index (χ3v) is 2.38. The van der Waals surface area contributed by atoms with Gasteiger partial charge in [-0.15, -0.1) is 0 Å². The van der Waals surface area contributed by atoms with E-state index in [2.05, 4.69) is 24.1 Å². The Labute approximate surface area is 81.4 Å². The highest BCUT2D eigenvalue weighted by Gasteiger charge is 2.12. The Morgan fingerprint density at radius 3 is 2.69 bits per heavy atom. The summed E-state index contributed by atoms with van der Waals surface area (Å²) < 4.78 is 5.30. The molecule has 0 saturated carbocycles. The Kier molecular flexibility index (Phi) is 5.35. The van der Waals surface area contributed by atoms with Gasteiger partial charge in [0, 0.05) is 25.7 Å². The van der Waals surface area contributed by atoms with Crippen LogP contribution in [0.5, 0.6) is 0 Å². The standard InChI is InChI=1S/C10H22N2O/c1-3-4-11-10(2)9-12-5-7-13-8-6-12/h10-11H,3-9H2,1-2H3. The van der Waals surface area contributed by atoms with E-state index < -0.39 is 0 Å². The van der Waals surface area contributed by atoms with E-state index in [1.165, 1.54) is 6.42 Å². The van der Waals surface area contributed by atoms with Gasteiger partial charge in [-0.1, -0.05) is 6.92 Å². The van der Waals surface area contributed by atoms with Crippen LogP contribution >= 0.6 is 0 Å². The number of nitrogens with zero attached hydrogens (tertiary/aromatic N) is 1. The largest absolute Gasteiger partial charge is 0.379 e. The van der Waals surface area contributed by atoms with Gasteiger partial charge in [-0.2, -0.15) is 0 Å². The minimum Gasteiger partial charge on any atom is -0.379 e. The van der Waals surface area contributed by atoms with Crippen LogP contribution in [0.15, 0.2) is 0 Å². The first-order valence-corrected chi connectivity index (χ1v) is 5.36. The van der Waals surface area contributed by atoms with Crippen LogP contribution in [0.3, 0.4) is 0 Å². The lowest BCUT2D eigenvalue weighted by Crippen LogP contribution is -2.44. The van der Waals surface area contributed by atoms with Crippen molar-refractivity contribution < 1.29 is 4.74 Å². The van der Waals surface area contributed by atoms with Gasteiger partial charge in [0.25, 0.3) is 0 Å². The molecule has 0 bridgehead atoms. The molecule has 0 amide bonds. The Bertz CT molecular complexity index is 124. The zero-order valence-electron chi connectivity index (χ0n) is 8.88. The van der Waals surface area contributed by atoms with Crippen molar-refractivity contribution in [3.63, 3.8) is 0 Å². The van der Waals surface area contributed by atoms with Crippen molar-refractivity contribution in [2.75, 3.05) is 39.4 Å². The van der Waals surface area contributed by atoms with Crippen LogP contribution in [0.4, 0.5) is 0 Å². The fourth-order valence-electron chi connectivity index (χ4n) is 1.63. The number of morpholine rings is 1. The number of nitrogens with one attached hydrogen (secondary N) is 1. The van der Waals surface area contributed by atoms with E-state index in [9.17, 15) is 0 Å². The molecule has 13 heavy (non-hydrogen) atoms. The van der Waals surface area contributed by atoms with E-state index in [0.717, 1.165) is 39.4 Å². The van der Waals surface area contributed by atoms with Gasteiger partial charge in [0.05, 0.1) is 13.2 Å². The number of hydrogen-bond donors (Lipinski definition) is 1. The second-order valence-corrected chi connectivity index (χ2v) is 3.77. The van der Waals surface area contributed by atoms with Crippen LogP contribution in [0.1, 0.15) is 20.3 Å². The van der Waals surface area contributed by atoms with Crippen LogP contribution < -0.4 is 5.32 Å². The van der Waals surface area contributed by atoms with Crippen molar-refractivity contribution >= 4 is 0 Å². The average Bonchev–Trinajstić information content (AvgIpc) is 2.16. The van der Waals surface area contributed by atoms with Gasteiger partial charge in [-0.3, -0.25) is 4.90 Å². The third kappa shape index (κ3) is 4.60. The predicted molar refractivity (Wildman–Crippen MR) is 55.0 cm³/mol. The zero-order valence-corrected chi connectivity index (χ0v) is 8.88. The van der Waals surface area contributed by atoms with E-state index >= 15 is 0 Å². The minimum atomic E-state index is 0.609. The van der Waals surface area contributed by atoms with E-state index in [-0.39, 0.29) is 0 Å². The Hall–Kier alpha value is -0.120. The Morgan fingerprint density at radius 2 is 2.08 bits per heavy atom. The lowest BCUT2D eigenvalue weighted by molar-refractivity contribution is 0.0344. The summed E-state index contributed by atoms with van der Waals surface area (Å²) in [5.74, 6) is 0. The van der Waals surface area contributed by atoms with E-state index in [4.69, 9.17) is 4.74 Å². The molecule has 0 aliphatic carbocycles. The van der Waals surface area contributed by atoms with Gasteiger partial charge in [0.2, 0.25) is 0 Å². The molecule has 1 atom stereocenters. The molecule has 1 rings (SSSR count). The fourth-order valence-corrected chi connectivity index (χ4v) is 1.63. The maximum atomic E-state index is 5.30. The predicted octanol–water partition coefficient (Wildman–Crippen LogP) is 0.707. The maximum Gasteiger partial charge on any atom is 0.0594 e. The third-order valence-electron chi connectivity index (χ3n) is 2.38. The molecule has 1 aliphatic rings. The summed E-state index contributed by atoms with van der Waals surface area (Å²) in [7, 11) is 0. The monoisotopic (exact) mass is 186 g/mol. The smallest absolute Gasteiger partial charge is 0.0594 e. The molecular weight excluding hydrogens is 164 g/mol. The van der Waals surface area contributed by atoms with Gasteiger partial charge in [-0.25, -0.2) is 0 Å². The van der Waals surface area contributed by atoms with Crippen molar-refractivity contribution in [3.8, 4) is 0 Å². The maximum absolute atomic E-state index is 5.30. The molecule has 0 spiro atoms. The van der Waals surface area contributed by atoms with Crippen molar-refractivity contribution in [3.05, 3.63) is 0 Å². The van der Waals surface area contributed by atoms with Crippen molar-refractivity contribution in [1.29, 1.82) is 0 Å². The second kappa shape index (κ2) is 6.35. The molecule has 1 fully saturated rings. The second-order valence-electron chi connectivity index (χ2n) is 3.77. The summed E-state index contributed by atoms with van der Waals surface area (Å²) in [6, 6.07) is 0.609. The summed E-state index contributed by atoms with van der Waals surface area (Å²) in [5, 5.41) is 3.50. The highest BCUT2D eigenvalue weighted by atomic mass is 16.5.